The van der Waals surface area contributed by atoms with Crippen LogP contribution in [-0.4, -0.2) is 48.3 Å². The minimum Gasteiger partial charge on any atom is -0.394 e. The number of aliphatic hydroxyl groups excluding tert-OH is 1. The van der Waals surface area contributed by atoms with Crippen molar-refractivity contribution in [2.45, 2.75) is 18.6 Å². The number of carbonyl (C=O) groups excluding carboxylic acids is 1. The maximum Gasteiger partial charge on any atom is 0.254 e. The lowest BCUT2D eigenvalue weighted by Crippen LogP contribution is -2.38. The molecule has 1 saturated heterocycles. The Morgan fingerprint density at radius 3 is 3.00 bits per heavy atom. The molecule has 98 valence electrons. The molecule has 1 N–H and O–H groups in total. The zero-order valence-corrected chi connectivity index (χ0v) is 11.8. The average molecular weight is 314 g/mol. The SMILES string of the molecule is CO[C@@H]1C[C@@H](CO)N(C(=O)c2cccc(Br)c2)C1. The van der Waals surface area contributed by atoms with Crippen molar-refractivity contribution in [3.05, 3.63) is 34.3 Å². The van der Waals surface area contributed by atoms with Gasteiger partial charge in [0.15, 0.2) is 0 Å². The van der Waals surface area contributed by atoms with Crippen LogP contribution >= 0.6 is 15.9 Å². The third-order valence-corrected chi connectivity index (χ3v) is 3.75. The van der Waals surface area contributed by atoms with Gasteiger partial charge in [0.25, 0.3) is 5.91 Å². The molecule has 0 radical (unpaired) electrons. The zero-order valence-electron chi connectivity index (χ0n) is 10.2. The number of likely N-dealkylation sites (tertiary alicyclic amines) is 1. The fourth-order valence-corrected chi connectivity index (χ4v) is 2.65. The summed E-state index contributed by atoms with van der Waals surface area (Å²) in [7, 11) is 1.63. The molecule has 1 heterocycles. The first-order valence-electron chi connectivity index (χ1n) is 5.86. The molecule has 1 amide bonds. The molecule has 1 aromatic carbocycles. The minimum atomic E-state index is -0.151. The van der Waals surface area contributed by atoms with Crippen LogP contribution in [0.15, 0.2) is 28.7 Å². The highest BCUT2D eigenvalue weighted by molar-refractivity contribution is 9.10. The number of carbonyl (C=O) groups is 1. The van der Waals surface area contributed by atoms with E-state index in [1.54, 1.807) is 24.1 Å². The summed E-state index contributed by atoms with van der Waals surface area (Å²) in [5.74, 6) is -0.0603. The minimum absolute atomic E-state index is 0.0123. The molecular formula is C13H16BrNO3. The molecule has 18 heavy (non-hydrogen) atoms. The Bertz CT molecular complexity index is 438. The van der Waals surface area contributed by atoms with Gasteiger partial charge in [0.05, 0.1) is 18.8 Å². The molecule has 4 nitrogen and oxygen atoms in total. The van der Waals surface area contributed by atoms with E-state index in [1.807, 2.05) is 12.1 Å². The second-order valence-corrected chi connectivity index (χ2v) is 5.31. The summed E-state index contributed by atoms with van der Waals surface area (Å²) >= 11 is 3.35. The Hall–Kier alpha value is -0.910. The molecule has 1 aliphatic rings. The lowest BCUT2D eigenvalue weighted by Gasteiger charge is -2.22. The lowest BCUT2D eigenvalue weighted by molar-refractivity contribution is 0.0648. The molecule has 0 aromatic heterocycles. The van der Waals surface area contributed by atoms with Gasteiger partial charge in [-0.05, 0) is 24.6 Å². The van der Waals surface area contributed by atoms with E-state index in [0.717, 1.165) is 4.47 Å². The van der Waals surface area contributed by atoms with Gasteiger partial charge in [0.2, 0.25) is 0 Å². The summed E-state index contributed by atoms with van der Waals surface area (Å²) in [6.07, 6.45) is 0.700. The number of amides is 1. The fraction of sp³-hybridized carbons (Fsp3) is 0.462. The van der Waals surface area contributed by atoms with Crippen LogP contribution in [0, 0.1) is 0 Å². The molecule has 0 aliphatic carbocycles. The second-order valence-electron chi connectivity index (χ2n) is 4.40. The Morgan fingerprint density at radius 2 is 2.39 bits per heavy atom. The van der Waals surface area contributed by atoms with E-state index >= 15 is 0 Å². The van der Waals surface area contributed by atoms with Gasteiger partial charge in [0, 0.05) is 23.7 Å². The fourth-order valence-electron chi connectivity index (χ4n) is 2.25. The molecule has 0 saturated carbocycles. The molecule has 0 spiro atoms. The highest BCUT2D eigenvalue weighted by atomic mass is 79.9. The van der Waals surface area contributed by atoms with Crippen molar-refractivity contribution >= 4 is 21.8 Å². The predicted molar refractivity (Wildman–Crippen MR) is 71.5 cm³/mol. The standard InChI is InChI=1S/C13H16BrNO3/c1-18-12-6-11(8-16)15(7-12)13(17)9-3-2-4-10(14)5-9/h2-5,11-12,16H,6-8H2,1H3/t11-,12+/m0/s1. The predicted octanol–water partition coefficient (Wildman–Crippen LogP) is 1.67. The Balaban J connectivity index is 2.17. The molecule has 2 rings (SSSR count). The topological polar surface area (TPSA) is 49.8 Å². The summed E-state index contributed by atoms with van der Waals surface area (Å²) < 4.78 is 6.14. The van der Waals surface area contributed by atoms with Gasteiger partial charge in [-0.1, -0.05) is 22.0 Å². The lowest BCUT2D eigenvalue weighted by atomic mass is 10.1. The van der Waals surface area contributed by atoms with E-state index in [9.17, 15) is 9.90 Å². The van der Waals surface area contributed by atoms with Gasteiger partial charge in [-0.2, -0.15) is 0 Å². The van der Waals surface area contributed by atoms with E-state index in [4.69, 9.17) is 4.74 Å². The third kappa shape index (κ3) is 2.74. The van der Waals surface area contributed by atoms with Crippen LogP contribution in [0.5, 0.6) is 0 Å². The Morgan fingerprint density at radius 1 is 1.61 bits per heavy atom. The van der Waals surface area contributed by atoms with Gasteiger partial charge in [-0.25, -0.2) is 0 Å². The van der Waals surface area contributed by atoms with Crippen LogP contribution in [0.3, 0.4) is 0 Å². The molecule has 0 bridgehead atoms. The molecule has 1 aliphatic heterocycles. The van der Waals surface area contributed by atoms with E-state index in [2.05, 4.69) is 15.9 Å². The van der Waals surface area contributed by atoms with Crippen molar-refractivity contribution in [3.63, 3.8) is 0 Å². The largest absolute Gasteiger partial charge is 0.394 e. The number of ether oxygens (including phenoxy) is 1. The number of rotatable bonds is 3. The van der Waals surface area contributed by atoms with Gasteiger partial charge >= 0.3 is 0 Å². The first kappa shape index (κ1) is 13.5. The Labute approximate surface area is 115 Å². The summed E-state index contributed by atoms with van der Waals surface area (Å²) in [6, 6.07) is 7.12. The molecule has 2 atom stereocenters. The molecular weight excluding hydrogens is 298 g/mol. The normalized spacial score (nSPS) is 23.4. The Kier molecular flexibility index (Phi) is 4.37. The number of halogens is 1. The van der Waals surface area contributed by atoms with E-state index in [-0.39, 0.29) is 24.7 Å². The summed E-state index contributed by atoms with van der Waals surface area (Å²) in [6.45, 7) is 0.507. The van der Waals surface area contributed by atoms with Crippen LogP contribution < -0.4 is 0 Å². The molecule has 1 fully saturated rings. The van der Waals surface area contributed by atoms with Crippen LogP contribution in [0.2, 0.25) is 0 Å². The average Bonchev–Trinajstić information content (AvgIpc) is 2.81. The second kappa shape index (κ2) is 5.82. The monoisotopic (exact) mass is 313 g/mol. The van der Waals surface area contributed by atoms with Crippen molar-refractivity contribution in [3.8, 4) is 0 Å². The van der Waals surface area contributed by atoms with E-state index < -0.39 is 0 Å². The van der Waals surface area contributed by atoms with Crippen LogP contribution in [0.25, 0.3) is 0 Å². The molecule has 5 heteroatoms. The molecule has 0 unspecified atom stereocenters. The highest BCUT2D eigenvalue weighted by Crippen LogP contribution is 2.23. The van der Waals surface area contributed by atoms with Crippen molar-refractivity contribution in [1.29, 1.82) is 0 Å². The third-order valence-electron chi connectivity index (χ3n) is 3.25. The van der Waals surface area contributed by atoms with Crippen LogP contribution in [0.1, 0.15) is 16.8 Å². The van der Waals surface area contributed by atoms with Crippen molar-refractivity contribution in [2.75, 3.05) is 20.3 Å². The zero-order chi connectivity index (χ0) is 13.1. The number of aliphatic hydroxyl groups is 1. The number of benzene rings is 1. The van der Waals surface area contributed by atoms with Gasteiger partial charge in [-0.3, -0.25) is 4.79 Å². The first-order chi connectivity index (χ1) is 8.65. The summed E-state index contributed by atoms with van der Waals surface area (Å²) in [4.78, 5) is 14.1. The quantitative estimate of drug-likeness (QED) is 0.923. The van der Waals surface area contributed by atoms with Crippen molar-refractivity contribution in [1.82, 2.24) is 4.90 Å². The number of hydrogen-bond acceptors (Lipinski definition) is 3. The first-order valence-corrected chi connectivity index (χ1v) is 6.65. The van der Waals surface area contributed by atoms with Gasteiger partial charge < -0.3 is 14.7 Å². The van der Waals surface area contributed by atoms with Gasteiger partial charge in [0.1, 0.15) is 0 Å². The van der Waals surface area contributed by atoms with E-state index in [1.165, 1.54) is 0 Å². The highest BCUT2D eigenvalue weighted by Gasteiger charge is 2.35. The van der Waals surface area contributed by atoms with Crippen molar-refractivity contribution in [2.24, 2.45) is 0 Å². The van der Waals surface area contributed by atoms with Crippen LogP contribution in [0.4, 0.5) is 0 Å². The summed E-state index contributed by atoms with van der Waals surface area (Å²) in [5.41, 5.74) is 0.625. The van der Waals surface area contributed by atoms with Gasteiger partial charge in [-0.15, -0.1) is 0 Å². The van der Waals surface area contributed by atoms with Crippen LogP contribution in [-0.2, 0) is 4.74 Å². The summed E-state index contributed by atoms with van der Waals surface area (Å²) in [5, 5.41) is 9.34. The number of methoxy groups -OCH3 is 1. The maximum atomic E-state index is 12.4. The number of hydrogen-bond donors (Lipinski definition) is 1. The molecule has 1 aromatic rings. The van der Waals surface area contributed by atoms with Crippen molar-refractivity contribution < 1.29 is 14.6 Å². The number of nitrogens with zero attached hydrogens (tertiary/aromatic N) is 1. The van der Waals surface area contributed by atoms with E-state index in [0.29, 0.717) is 18.5 Å². The maximum absolute atomic E-state index is 12.4. The smallest absolute Gasteiger partial charge is 0.254 e.